The Kier molecular flexibility index (Phi) is 41.8. The van der Waals surface area contributed by atoms with E-state index in [1.54, 1.807) is 0 Å². The summed E-state index contributed by atoms with van der Waals surface area (Å²) in [6.45, 7) is 11.2. The molecule has 56 heavy (non-hydrogen) atoms. The summed E-state index contributed by atoms with van der Waals surface area (Å²) in [7, 11) is 0. The van der Waals surface area contributed by atoms with Crippen molar-refractivity contribution in [2.24, 2.45) is 5.92 Å². The fourth-order valence-corrected chi connectivity index (χ4v) is 7.57. The molecule has 0 rings (SSSR count). The SMILES string of the molecule is CCCCCCCCCCCCCCCCCCCCCC(=O)OC(CCCCCCCC)C(CCCCCCCC(=O)OCC(C)C)OC(=O)CCCCC. The number of rotatable bonds is 44. The molecule has 0 aromatic rings. The summed E-state index contributed by atoms with van der Waals surface area (Å²) in [5.74, 6) is -0.0426. The fourth-order valence-electron chi connectivity index (χ4n) is 7.57. The van der Waals surface area contributed by atoms with Crippen molar-refractivity contribution in [3.8, 4) is 0 Å². The highest BCUT2D eigenvalue weighted by molar-refractivity contribution is 5.70. The van der Waals surface area contributed by atoms with E-state index in [2.05, 4.69) is 20.8 Å². The molecule has 332 valence electrons. The van der Waals surface area contributed by atoms with Crippen LogP contribution in [0.1, 0.15) is 279 Å². The highest BCUT2D eigenvalue weighted by Crippen LogP contribution is 2.23. The minimum absolute atomic E-state index is 0.103. The molecule has 6 heteroatoms. The Morgan fingerprint density at radius 1 is 0.339 bits per heavy atom. The maximum Gasteiger partial charge on any atom is 0.306 e. The van der Waals surface area contributed by atoms with Crippen molar-refractivity contribution >= 4 is 17.9 Å². The molecular weight excluding hydrogens is 697 g/mol. The Morgan fingerprint density at radius 3 is 0.911 bits per heavy atom. The van der Waals surface area contributed by atoms with Crippen LogP contribution >= 0.6 is 0 Å². The third kappa shape index (κ3) is 39.2. The van der Waals surface area contributed by atoms with Crippen molar-refractivity contribution in [1.29, 1.82) is 0 Å². The van der Waals surface area contributed by atoms with Gasteiger partial charge in [0.05, 0.1) is 6.61 Å². The van der Waals surface area contributed by atoms with E-state index in [1.807, 2.05) is 13.8 Å². The van der Waals surface area contributed by atoms with E-state index in [9.17, 15) is 14.4 Å². The summed E-state index contributed by atoms with van der Waals surface area (Å²) < 4.78 is 17.6. The Morgan fingerprint density at radius 2 is 0.589 bits per heavy atom. The monoisotopic (exact) mass is 793 g/mol. The smallest absolute Gasteiger partial charge is 0.306 e. The summed E-state index contributed by atoms with van der Waals surface area (Å²) in [4.78, 5) is 38.1. The molecule has 0 fully saturated rings. The predicted molar refractivity (Wildman–Crippen MR) is 238 cm³/mol. The molecule has 6 nitrogen and oxygen atoms in total. The van der Waals surface area contributed by atoms with Crippen LogP contribution in [-0.2, 0) is 28.6 Å². The largest absolute Gasteiger partial charge is 0.465 e. The average Bonchev–Trinajstić information content (AvgIpc) is 3.18. The average molecular weight is 793 g/mol. The fraction of sp³-hybridized carbons (Fsp3) is 0.940. The van der Waals surface area contributed by atoms with Crippen LogP contribution in [0.4, 0.5) is 0 Å². The third-order valence-electron chi connectivity index (χ3n) is 11.2. The summed E-state index contributed by atoms with van der Waals surface area (Å²) in [5.41, 5.74) is 0. The van der Waals surface area contributed by atoms with Gasteiger partial charge in [0.25, 0.3) is 0 Å². The Labute approximate surface area is 348 Å². The second kappa shape index (κ2) is 43.0. The van der Waals surface area contributed by atoms with E-state index in [4.69, 9.17) is 14.2 Å². The normalized spacial score (nSPS) is 12.5. The van der Waals surface area contributed by atoms with E-state index >= 15 is 0 Å². The third-order valence-corrected chi connectivity index (χ3v) is 11.2. The highest BCUT2D eigenvalue weighted by Gasteiger charge is 2.28. The van der Waals surface area contributed by atoms with Gasteiger partial charge in [-0.2, -0.15) is 0 Å². The summed E-state index contributed by atoms with van der Waals surface area (Å²) in [6.07, 6.45) is 42.1. The first-order chi connectivity index (χ1) is 27.3. The van der Waals surface area contributed by atoms with Gasteiger partial charge in [0, 0.05) is 19.3 Å². The maximum atomic E-state index is 13.2. The molecule has 0 aliphatic carbocycles. The summed E-state index contributed by atoms with van der Waals surface area (Å²) in [6, 6.07) is 0. The Bertz CT molecular complexity index is 856. The molecule has 0 bridgehead atoms. The number of carbonyl (C=O) groups is 3. The molecule has 2 unspecified atom stereocenters. The van der Waals surface area contributed by atoms with Crippen LogP contribution in [-0.4, -0.2) is 36.7 Å². The zero-order chi connectivity index (χ0) is 41.2. The number of unbranched alkanes of at least 4 members (excludes halogenated alkanes) is 29. The number of hydrogen-bond acceptors (Lipinski definition) is 6. The van der Waals surface area contributed by atoms with Gasteiger partial charge in [0.2, 0.25) is 0 Å². The zero-order valence-corrected chi connectivity index (χ0v) is 38.3. The highest BCUT2D eigenvalue weighted by atomic mass is 16.6. The minimum atomic E-state index is -0.389. The van der Waals surface area contributed by atoms with Crippen LogP contribution in [0.15, 0.2) is 0 Å². The molecule has 0 aliphatic rings. The van der Waals surface area contributed by atoms with Gasteiger partial charge in [-0.15, -0.1) is 0 Å². The van der Waals surface area contributed by atoms with Gasteiger partial charge in [0.15, 0.2) is 0 Å². The van der Waals surface area contributed by atoms with Crippen LogP contribution in [0.25, 0.3) is 0 Å². The lowest BCUT2D eigenvalue weighted by Crippen LogP contribution is -2.35. The molecule has 0 spiro atoms. The predicted octanol–water partition coefficient (Wildman–Crippen LogP) is 15.9. The summed E-state index contributed by atoms with van der Waals surface area (Å²) >= 11 is 0. The first kappa shape index (κ1) is 54.4. The molecule has 0 saturated carbocycles. The van der Waals surface area contributed by atoms with Gasteiger partial charge in [-0.25, -0.2) is 0 Å². The van der Waals surface area contributed by atoms with Crippen molar-refractivity contribution in [3.63, 3.8) is 0 Å². The molecule has 0 saturated heterocycles. The van der Waals surface area contributed by atoms with Gasteiger partial charge >= 0.3 is 17.9 Å². The van der Waals surface area contributed by atoms with Crippen molar-refractivity contribution in [1.82, 2.24) is 0 Å². The van der Waals surface area contributed by atoms with Crippen molar-refractivity contribution in [2.75, 3.05) is 6.61 Å². The van der Waals surface area contributed by atoms with Crippen LogP contribution < -0.4 is 0 Å². The lowest BCUT2D eigenvalue weighted by molar-refractivity contribution is -0.169. The maximum absolute atomic E-state index is 13.2. The molecule has 2 atom stereocenters. The van der Waals surface area contributed by atoms with Crippen molar-refractivity contribution in [2.45, 2.75) is 291 Å². The van der Waals surface area contributed by atoms with Crippen LogP contribution in [0.5, 0.6) is 0 Å². The van der Waals surface area contributed by atoms with Gasteiger partial charge in [-0.1, -0.05) is 214 Å². The molecule has 0 aromatic heterocycles. The van der Waals surface area contributed by atoms with E-state index in [0.717, 1.165) is 83.5 Å². The first-order valence-electron chi connectivity index (χ1n) is 24.9. The zero-order valence-electron chi connectivity index (χ0n) is 38.3. The molecule has 0 aliphatic heterocycles. The van der Waals surface area contributed by atoms with Gasteiger partial charge in [-0.3, -0.25) is 14.4 Å². The molecule has 0 amide bonds. The van der Waals surface area contributed by atoms with Crippen molar-refractivity contribution in [3.05, 3.63) is 0 Å². The molecule has 0 heterocycles. The topological polar surface area (TPSA) is 78.9 Å². The molecular formula is C50H96O6. The lowest BCUT2D eigenvalue weighted by Gasteiger charge is -2.27. The standard InChI is InChI=1S/C50H96O6/c1-6-9-12-14-16-17-18-19-20-21-22-23-24-25-26-27-28-32-38-43-50(53)56-47(39-35-30-15-13-10-7-2)46(55-49(52)42-34-11-8-3)40-36-31-29-33-37-41-48(51)54-44-45(4)5/h45-47H,6-44H2,1-5H3. The molecule has 0 radical (unpaired) electrons. The number of carbonyl (C=O) groups excluding carboxylic acids is 3. The summed E-state index contributed by atoms with van der Waals surface area (Å²) in [5, 5.41) is 0. The van der Waals surface area contributed by atoms with E-state index < -0.39 is 0 Å². The number of hydrogen-bond donors (Lipinski definition) is 0. The second-order valence-electron chi connectivity index (χ2n) is 17.6. The van der Waals surface area contributed by atoms with Crippen LogP contribution in [0.3, 0.4) is 0 Å². The number of esters is 3. The lowest BCUT2D eigenvalue weighted by atomic mass is 9.99. The van der Waals surface area contributed by atoms with Crippen molar-refractivity contribution < 1.29 is 28.6 Å². The van der Waals surface area contributed by atoms with E-state index in [1.165, 1.54) is 135 Å². The molecule has 0 N–H and O–H groups in total. The molecule has 0 aromatic carbocycles. The van der Waals surface area contributed by atoms with Gasteiger partial charge in [0.1, 0.15) is 12.2 Å². The van der Waals surface area contributed by atoms with E-state index in [-0.39, 0.29) is 30.1 Å². The van der Waals surface area contributed by atoms with Gasteiger partial charge < -0.3 is 14.2 Å². The number of ether oxygens (including phenoxy) is 3. The van der Waals surface area contributed by atoms with Crippen LogP contribution in [0, 0.1) is 5.92 Å². The first-order valence-corrected chi connectivity index (χ1v) is 24.9. The van der Waals surface area contributed by atoms with Crippen LogP contribution in [0.2, 0.25) is 0 Å². The Hall–Kier alpha value is -1.59. The van der Waals surface area contributed by atoms with E-state index in [0.29, 0.717) is 38.2 Å². The second-order valence-corrected chi connectivity index (χ2v) is 17.6. The minimum Gasteiger partial charge on any atom is -0.465 e. The Balaban J connectivity index is 4.63. The van der Waals surface area contributed by atoms with Gasteiger partial charge in [-0.05, 0) is 50.9 Å². The quantitative estimate of drug-likeness (QED) is 0.0347.